The Bertz CT molecular complexity index is 439. The predicted molar refractivity (Wildman–Crippen MR) is 90.0 cm³/mol. The number of pyridine rings is 1. The van der Waals surface area contributed by atoms with Crippen molar-refractivity contribution < 1.29 is 0 Å². The van der Waals surface area contributed by atoms with Crippen LogP contribution in [0, 0.1) is 0 Å². The average Bonchev–Trinajstić information content (AvgIpc) is 2.46. The minimum Gasteiger partial charge on any atom is -0.355 e. The number of nitrogens with zero attached hydrogens (tertiary/aromatic N) is 2. The molecule has 1 aliphatic rings. The first-order chi connectivity index (χ1) is 9.60. The van der Waals surface area contributed by atoms with Gasteiger partial charge in [0.1, 0.15) is 5.82 Å². The molecule has 112 valence electrons. The summed E-state index contributed by atoms with van der Waals surface area (Å²) in [6.07, 6.45) is 1.22. The third kappa shape index (κ3) is 4.27. The Morgan fingerprint density at radius 1 is 1.50 bits per heavy atom. The van der Waals surface area contributed by atoms with E-state index in [4.69, 9.17) is 16.6 Å². The van der Waals surface area contributed by atoms with E-state index in [1.165, 1.54) is 12.2 Å². The molecule has 2 rings (SSSR count). The molecule has 2 heterocycles. The van der Waals surface area contributed by atoms with Gasteiger partial charge in [-0.1, -0.05) is 32.4 Å². The van der Waals surface area contributed by atoms with Gasteiger partial charge in [0, 0.05) is 36.7 Å². The van der Waals surface area contributed by atoms with Gasteiger partial charge < -0.3 is 10.2 Å². The van der Waals surface area contributed by atoms with Crippen LogP contribution in [0.15, 0.2) is 12.1 Å². The van der Waals surface area contributed by atoms with Gasteiger partial charge in [-0.25, -0.2) is 4.98 Å². The van der Waals surface area contributed by atoms with Crippen LogP contribution in [0.3, 0.4) is 0 Å². The lowest BCUT2D eigenvalue weighted by Crippen LogP contribution is -2.38. The monoisotopic (exact) mass is 313 g/mol. The zero-order valence-corrected chi connectivity index (χ0v) is 14.1. The Kier molecular flexibility index (Phi) is 6.00. The van der Waals surface area contributed by atoms with Crippen molar-refractivity contribution in [2.24, 2.45) is 0 Å². The summed E-state index contributed by atoms with van der Waals surface area (Å²) in [4.78, 5) is 7.15. The molecule has 3 nitrogen and oxygen atoms in total. The number of halogens is 1. The maximum atomic E-state index is 6.25. The second kappa shape index (κ2) is 7.53. The van der Waals surface area contributed by atoms with Crippen molar-refractivity contribution in [3.8, 4) is 0 Å². The van der Waals surface area contributed by atoms with Crippen molar-refractivity contribution in [3.63, 3.8) is 0 Å². The summed E-state index contributed by atoms with van der Waals surface area (Å²) in [5.41, 5.74) is 0.948. The number of hydrogen-bond donors (Lipinski definition) is 1. The number of hydrogen-bond acceptors (Lipinski definition) is 4. The minimum atomic E-state index is 0.437. The molecule has 20 heavy (non-hydrogen) atoms. The van der Waals surface area contributed by atoms with Crippen LogP contribution >= 0.6 is 23.4 Å². The molecule has 0 bridgehead atoms. The third-order valence-corrected chi connectivity index (χ3v) is 5.22. The van der Waals surface area contributed by atoms with Crippen molar-refractivity contribution in [3.05, 3.63) is 22.8 Å². The van der Waals surface area contributed by atoms with Crippen LogP contribution in [0.1, 0.15) is 32.9 Å². The highest BCUT2D eigenvalue weighted by atomic mass is 35.5. The van der Waals surface area contributed by atoms with Crippen LogP contribution in [0.4, 0.5) is 5.82 Å². The maximum Gasteiger partial charge on any atom is 0.129 e. The van der Waals surface area contributed by atoms with E-state index in [9.17, 15) is 0 Å². The van der Waals surface area contributed by atoms with Crippen LogP contribution < -0.4 is 10.2 Å². The molecule has 0 amide bonds. The predicted octanol–water partition coefficient (Wildman–Crippen LogP) is 3.56. The SMILES string of the molecule is CCC1CN(c2ccc(Cl)c(CNC(C)C)n2)CCS1. The van der Waals surface area contributed by atoms with Gasteiger partial charge in [-0.05, 0) is 18.6 Å². The molecule has 0 spiro atoms. The van der Waals surface area contributed by atoms with Crippen molar-refractivity contribution in [1.82, 2.24) is 10.3 Å². The van der Waals surface area contributed by atoms with Crippen LogP contribution in [-0.4, -0.2) is 35.1 Å². The second-order valence-corrected chi connectivity index (χ2v) is 7.30. The lowest BCUT2D eigenvalue weighted by atomic mass is 10.2. The number of rotatable bonds is 5. The van der Waals surface area contributed by atoms with E-state index >= 15 is 0 Å². The summed E-state index contributed by atoms with van der Waals surface area (Å²) >= 11 is 8.32. The molecule has 1 aromatic rings. The van der Waals surface area contributed by atoms with E-state index in [1.807, 2.05) is 12.1 Å². The molecule has 1 saturated heterocycles. The Balaban J connectivity index is 2.09. The lowest BCUT2D eigenvalue weighted by molar-refractivity contribution is 0.581. The quantitative estimate of drug-likeness (QED) is 0.899. The fourth-order valence-corrected chi connectivity index (χ4v) is 3.60. The molecule has 5 heteroatoms. The Labute approximate surface area is 131 Å². The third-order valence-electron chi connectivity index (χ3n) is 3.50. The second-order valence-electron chi connectivity index (χ2n) is 5.48. The largest absolute Gasteiger partial charge is 0.355 e. The molecule has 0 aliphatic carbocycles. The van der Waals surface area contributed by atoms with Gasteiger partial charge >= 0.3 is 0 Å². The van der Waals surface area contributed by atoms with Crippen LogP contribution in [-0.2, 0) is 6.54 Å². The van der Waals surface area contributed by atoms with Gasteiger partial charge in [0.05, 0.1) is 10.7 Å². The van der Waals surface area contributed by atoms with Crippen molar-refractivity contribution in [1.29, 1.82) is 0 Å². The molecule has 0 aromatic carbocycles. The molecule has 1 atom stereocenters. The van der Waals surface area contributed by atoms with Crippen molar-refractivity contribution in [2.75, 3.05) is 23.7 Å². The van der Waals surface area contributed by atoms with E-state index in [0.29, 0.717) is 6.04 Å². The van der Waals surface area contributed by atoms with Gasteiger partial charge in [0.2, 0.25) is 0 Å². The zero-order valence-electron chi connectivity index (χ0n) is 12.5. The van der Waals surface area contributed by atoms with Gasteiger partial charge in [-0.2, -0.15) is 11.8 Å². The number of thioether (sulfide) groups is 1. The van der Waals surface area contributed by atoms with E-state index in [0.717, 1.165) is 41.4 Å². The molecule has 1 N–H and O–H groups in total. The lowest BCUT2D eigenvalue weighted by Gasteiger charge is -2.33. The average molecular weight is 314 g/mol. The Hall–Kier alpha value is -0.450. The summed E-state index contributed by atoms with van der Waals surface area (Å²) < 4.78 is 0. The summed E-state index contributed by atoms with van der Waals surface area (Å²) in [5.74, 6) is 2.25. The first-order valence-electron chi connectivity index (χ1n) is 7.35. The van der Waals surface area contributed by atoms with Crippen LogP contribution in [0.25, 0.3) is 0 Å². The highest BCUT2D eigenvalue weighted by molar-refractivity contribution is 8.00. The molecule has 1 aliphatic heterocycles. The van der Waals surface area contributed by atoms with E-state index in [1.54, 1.807) is 0 Å². The zero-order chi connectivity index (χ0) is 14.5. The molecular weight excluding hydrogens is 290 g/mol. The van der Waals surface area contributed by atoms with E-state index in [2.05, 4.69) is 42.7 Å². The Morgan fingerprint density at radius 3 is 3.00 bits per heavy atom. The normalized spacial score (nSPS) is 19.6. The van der Waals surface area contributed by atoms with E-state index < -0.39 is 0 Å². The molecule has 0 saturated carbocycles. The molecular formula is C15H24ClN3S. The minimum absolute atomic E-state index is 0.437. The number of anilines is 1. The summed E-state index contributed by atoms with van der Waals surface area (Å²) in [7, 11) is 0. The molecule has 1 aromatic heterocycles. The van der Waals surface area contributed by atoms with Gasteiger partial charge in [0.15, 0.2) is 0 Å². The fourth-order valence-electron chi connectivity index (χ4n) is 2.25. The summed E-state index contributed by atoms with van der Waals surface area (Å²) in [6, 6.07) is 4.46. The maximum absolute atomic E-state index is 6.25. The standard InChI is InChI=1S/C15H24ClN3S/c1-4-12-10-19(7-8-20-12)15-6-5-13(16)14(18-15)9-17-11(2)3/h5-6,11-12,17H,4,7-10H2,1-3H3. The van der Waals surface area contributed by atoms with Gasteiger partial charge in [-0.3, -0.25) is 0 Å². The first-order valence-corrected chi connectivity index (χ1v) is 8.78. The number of aromatic nitrogens is 1. The molecule has 0 radical (unpaired) electrons. The topological polar surface area (TPSA) is 28.2 Å². The van der Waals surface area contributed by atoms with Crippen LogP contribution in [0.2, 0.25) is 5.02 Å². The smallest absolute Gasteiger partial charge is 0.129 e. The number of nitrogens with one attached hydrogen (secondary N) is 1. The fraction of sp³-hybridized carbons (Fsp3) is 0.667. The molecule has 1 unspecified atom stereocenters. The van der Waals surface area contributed by atoms with Crippen LogP contribution in [0.5, 0.6) is 0 Å². The molecule has 1 fully saturated rings. The highest BCUT2D eigenvalue weighted by Gasteiger charge is 2.20. The first kappa shape index (κ1) is 15.9. The van der Waals surface area contributed by atoms with Crippen molar-refractivity contribution >= 4 is 29.2 Å². The summed E-state index contributed by atoms with van der Waals surface area (Å²) in [5, 5.41) is 4.85. The van der Waals surface area contributed by atoms with E-state index in [-0.39, 0.29) is 0 Å². The van der Waals surface area contributed by atoms with Crippen molar-refractivity contribution in [2.45, 2.75) is 45.0 Å². The van der Waals surface area contributed by atoms with Gasteiger partial charge in [-0.15, -0.1) is 0 Å². The Morgan fingerprint density at radius 2 is 2.30 bits per heavy atom. The van der Waals surface area contributed by atoms with Gasteiger partial charge in [0.25, 0.3) is 0 Å². The summed E-state index contributed by atoms with van der Waals surface area (Å²) in [6.45, 7) is 9.41. The highest BCUT2D eigenvalue weighted by Crippen LogP contribution is 2.26.